The van der Waals surface area contributed by atoms with Crippen molar-refractivity contribution in [1.29, 1.82) is 0 Å². The fourth-order valence-electron chi connectivity index (χ4n) is 3.26. The minimum absolute atomic E-state index is 0.153. The van der Waals surface area contributed by atoms with Crippen LogP contribution < -0.4 is 27.4 Å². The number of anilines is 1. The predicted octanol–water partition coefficient (Wildman–Crippen LogP) is 0.384. The molecule has 2 rings (SSSR count). The Labute approximate surface area is 181 Å². The third-order valence-corrected chi connectivity index (χ3v) is 4.84. The van der Waals surface area contributed by atoms with Crippen molar-refractivity contribution in [2.75, 3.05) is 11.4 Å². The first-order valence-corrected chi connectivity index (χ1v) is 9.98. The number of carbonyl (C=O) groups excluding carboxylic acids is 3. The van der Waals surface area contributed by atoms with Gasteiger partial charge in [-0.1, -0.05) is 42.5 Å². The van der Waals surface area contributed by atoms with Gasteiger partial charge in [-0.05, 0) is 42.5 Å². The van der Waals surface area contributed by atoms with E-state index in [0.717, 1.165) is 5.56 Å². The number of aliphatic hydroxyl groups excluding tert-OH is 1. The highest BCUT2D eigenvalue weighted by atomic mass is 16.3. The molecule has 31 heavy (non-hydrogen) atoms. The number of nitrogens with one attached hydrogen (secondary N) is 1. The summed E-state index contributed by atoms with van der Waals surface area (Å²) in [6.07, 6.45) is 0.879. The van der Waals surface area contributed by atoms with Crippen LogP contribution >= 0.6 is 0 Å². The minimum atomic E-state index is -0.969. The van der Waals surface area contributed by atoms with Gasteiger partial charge in [-0.15, -0.1) is 0 Å². The van der Waals surface area contributed by atoms with Crippen molar-refractivity contribution >= 4 is 23.5 Å². The number of primary amides is 2. The molecule has 4 amide bonds. The van der Waals surface area contributed by atoms with Crippen LogP contribution in [0.1, 0.15) is 24.0 Å². The molecule has 0 bridgehead atoms. The van der Waals surface area contributed by atoms with E-state index in [0.29, 0.717) is 24.1 Å². The van der Waals surface area contributed by atoms with Gasteiger partial charge in [0.05, 0.1) is 12.6 Å². The van der Waals surface area contributed by atoms with Crippen LogP contribution in [0, 0.1) is 0 Å². The molecule has 0 fully saturated rings. The first-order chi connectivity index (χ1) is 14.8. The highest BCUT2D eigenvalue weighted by molar-refractivity contribution is 6.03. The molecule has 0 saturated heterocycles. The molecular formula is C22H29N5O4. The molecule has 0 radical (unpaired) electrons. The van der Waals surface area contributed by atoms with E-state index in [2.05, 4.69) is 5.32 Å². The van der Waals surface area contributed by atoms with Crippen LogP contribution in [-0.2, 0) is 22.6 Å². The molecule has 0 aliphatic rings. The zero-order valence-electron chi connectivity index (χ0n) is 17.2. The van der Waals surface area contributed by atoms with Crippen LogP contribution in [0.5, 0.6) is 0 Å². The van der Waals surface area contributed by atoms with Crippen molar-refractivity contribution < 1.29 is 19.5 Å². The van der Waals surface area contributed by atoms with Crippen LogP contribution in [0.4, 0.5) is 10.5 Å². The molecule has 166 valence electrons. The maximum atomic E-state index is 13.3. The summed E-state index contributed by atoms with van der Waals surface area (Å²) >= 11 is 0. The number of benzene rings is 2. The number of urea groups is 1. The van der Waals surface area contributed by atoms with Gasteiger partial charge in [0.1, 0.15) is 6.04 Å². The second kappa shape index (κ2) is 11.7. The number of amides is 4. The van der Waals surface area contributed by atoms with E-state index in [1.165, 1.54) is 4.90 Å². The van der Waals surface area contributed by atoms with Crippen molar-refractivity contribution in [3.8, 4) is 0 Å². The highest BCUT2D eigenvalue weighted by Crippen LogP contribution is 2.22. The SMILES string of the molecule is NC(=O)NCCCC(C(N)=O)N(C(=O)C(N)Cc1ccccc1)c1ccc(CO)cc1. The summed E-state index contributed by atoms with van der Waals surface area (Å²) in [5, 5.41) is 11.7. The highest BCUT2D eigenvalue weighted by Gasteiger charge is 2.32. The fraction of sp³-hybridized carbons (Fsp3) is 0.318. The molecule has 2 unspecified atom stereocenters. The number of rotatable bonds is 11. The lowest BCUT2D eigenvalue weighted by molar-refractivity contribution is -0.125. The van der Waals surface area contributed by atoms with Gasteiger partial charge in [0, 0.05) is 12.2 Å². The molecular weight excluding hydrogens is 398 g/mol. The Morgan fingerprint density at radius 1 is 0.968 bits per heavy atom. The molecule has 9 nitrogen and oxygen atoms in total. The van der Waals surface area contributed by atoms with E-state index in [1.807, 2.05) is 30.3 Å². The van der Waals surface area contributed by atoms with E-state index in [1.54, 1.807) is 24.3 Å². The number of hydrogen-bond donors (Lipinski definition) is 5. The van der Waals surface area contributed by atoms with Crippen LogP contribution in [0.2, 0.25) is 0 Å². The Kier molecular flexibility index (Phi) is 8.98. The topological polar surface area (TPSA) is 165 Å². The first kappa shape index (κ1) is 23.8. The van der Waals surface area contributed by atoms with Crippen molar-refractivity contribution in [2.24, 2.45) is 17.2 Å². The Bertz CT molecular complexity index is 873. The maximum absolute atomic E-state index is 13.3. The largest absolute Gasteiger partial charge is 0.392 e. The maximum Gasteiger partial charge on any atom is 0.312 e. The van der Waals surface area contributed by atoms with E-state index >= 15 is 0 Å². The molecule has 0 heterocycles. The quantitative estimate of drug-likeness (QED) is 0.327. The molecule has 8 N–H and O–H groups in total. The lowest BCUT2D eigenvalue weighted by Crippen LogP contribution is -2.54. The first-order valence-electron chi connectivity index (χ1n) is 9.98. The number of hydrogen-bond acceptors (Lipinski definition) is 5. The molecule has 0 aliphatic heterocycles. The third-order valence-electron chi connectivity index (χ3n) is 4.84. The van der Waals surface area contributed by atoms with Gasteiger partial charge in [-0.3, -0.25) is 14.5 Å². The summed E-state index contributed by atoms with van der Waals surface area (Å²) in [7, 11) is 0. The van der Waals surface area contributed by atoms with E-state index in [4.69, 9.17) is 17.2 Å². The van der Waals surface area contributed by atoms with Crippen molar-refractivity contribution in [1.82, 2.24) is 5.32 Å². The van der Waals surface area contributed by atoms with E-state index in [-0.39, 0.29) is 19.6 Å². The number of aliphatic hydroxyl groups is 1. The van der Waals surface area contributed by atoms with Gasteiger partial charge >= 0.3 is 6.03 Å². The van der Waals surface area contributed by atoms with Gasteiger partial charge in [-0.2, -0.15) is 0 Å². The standard InChI is InChI=1S/C22H29N5O4/c23-18(13-15-5-2-1-3-6-15)21(30)27(17-10-8-16(14-28)9-11-17)19(20(24)29)7-4-12-26-22(25)31/h1-3,5-6,8-11,18-19,28H,4,7,12-14,23H2,(H2,24,29)(H3,25,26,31). The lowest BCUT2D eigenvalue weighted by Gasteiger charge is -2.32. The lowest BCUT2D eigenvalue weighted by atomic mass is 10.0. The van der Waals surface area contributed by atoms with Crippen LogP contribution in [0.25, 0.3) is 0 Å². The smallest absolute Gasteiger partial charge is 0.312 e. The average Bonchev–Trinajstić information content (AvgIpc) is 2.76. The fourth-order valence-corrected chi connectivity index (χ4v) is 3.26. The second-order valence-electron chi connectivity index (χ2n) is 7.18. The summed E-state index contributed by atoms with van der Waals surface area (Å²) < 4.78 is 0. The second-order valence-corrected chi connectivity index (χ2v) is 7.18. The van der Waals surface area contributed by atoms with E-state index < -0.39 is 29.9 Å². The number of nitrogens with zero attached hydrogens (tertiary/aromatic N) is 1. The van der Waals surface area contributed by atoms with Crippen LogP contribution in [0.3, 0.4) is 0 Å². The van der Waals surface area contributed by atoms with Crippen LogP contribution in [0.15, 0.2) is 54.6 Å². The van der Waals surface area contributed by atoms with Crippen LogP contribution in [-0.4, -0.2) is 41.6 Å². The normalized spacial score (nSPS) is 12.6. The summed E-state index contributed by atoms with van der Waals surface area (Å²) in [6, 6.07) is 13.4. The average molecular weight is 428 g/mol. The summed E-state index contributed by atoms with van der Waals surface area (Å²) in [5.41, 5.74) is 18.9. The molecule has 2 aromatic carbocycles. The van der Waals surface area contributed by atoms with Crippen molar-refractivity contribution in [3.05, 3.63) is 65.7 Å². The Morgan fingerprint density at radius 3 is 2.16 bits per heavy atom. The molecule has 0 saturated carbocycles. The predicted molar refractivity (Wildman–Crippen MR) is 118 cm³/mol. The summed E-state index contributed by atoms with van der Waals surface area (Å²) in [5.74, 6) is -1.14. The minimum Gasteiger partial charge on any atom is -0.392 e. The molecule has 0 spiro atoms. The van der Waals surface area contributed by atoms with Crippen molar-refractivity contribution in [2.45, 2.75) is 38.0 Å². The van der Waals surface area contributed by atoms with Gasteiger partial charge in [0.15, 0.2) is 0 Å². The zero-order chi connectivity index (χ0) is 22.8. The number of carbonyl (C=O) groups is 3. The van der Waals surface area contributed by atoms with Gasteiger partial charge < -0.3 is 27.6 Å². The Balaban J connectivity index is 2.29. The third kappa shape index (κ3) is 7.09. The summed E-state index contributed by atoms with van der Waals surface area (Å²) in [4.78, 5) is 37.8. The Morgan fingerprint density at radius 2 is 1.61 bits per heavy atom. The molecule has 2 aromatic rings. The van der Waals surface area contributed by atoms with Crippen molar-refractivity contribution in [3.63, 3.8) is 0 Å². The molecule has 9 heteroatoms. The van der Waals surface area contributed by atoms with E-state index in [9.17, 15) is 19.5 Å². The molecule has 0 aliphatic carbocycles. The number of nitrogens with two attached hydrogens (primary N) is 3. The van der Waals surface area contributed by atoms with Gasteiger partial charge in [0.2, 0.25) is 11.8 Å². The Hall–Kier alpha value is -3.43. The molecule has 2 atom stereocenters. The zero-order valence-corrected chi connectivity index (χ0v) is 17.2. The van der Waals surface area contributed by atoms with Gasteiger partial charge in [-0.25, -0.2) is 4.79 Å². The van der Waals surface area contributed by atoms with Gasteiger partial charge in [0.25, 0.3) is 0 Å². The molecule has 0 aromatic heterocycles. The monoisotopic (exact) mass is 427 g/mol. The summed E-state index contributed by atoms with van der Waals surface area (Å²) in [6.45, 7) is 0.0838.